The largest absolute Gasteiger partial charge is 0.460 e. The molecule has 5 atom stereocenters. The van der Waals surface area contributed by atoms with Crippen LogP contribution in [0.25, 0.3) is 0 Å². The smallest absolute Gasteiger partial charge is 0.454 e. The Bertz CT molecular complexity index is 965. The number of aliphatic hydroxyl groups is 3. The zero-order chi connectivity index (χ0) is 31.2. The molecule has 0 bridgehead atoms. The summed E-state index contributed by atoms with van der Waals surface area (Å²) >= 11 is 0. The van der Waals surface area contributed by atoms with Gasteiger partial charge >= 0.3 is 53.6 Å². The number of alkyl halides is 17. The van der Waals surface area contributed by atoms with Gasteiger partial charge in [0.2, 0.25) is 0 Å². The number of hydrogen-bond donors (Lipinski definition) is 3. The molecule has 2 rings (SSSR count). The van der Waals surface area contributed by atoms with Gasteiger partial charge in [0.1, 0.15) is 6.10 Å². The number of hydrogen-bond acceptors (Lipinski definition) is 6. The molecule has 0 radical (unpaired) electrons. The first-order chi connectivity index (χ1) is 16.9. The van der Waals surface area contributed by atoms with Gasteiger partial charge in [-0.25, -0.2) is 4.79 Å². The molecule has 2 aliphatic heterocycles. The predicted molar refractivity (Wildman–Crippen MR) is 81.6 cm³/mol. The number of aliphatic hydroxyl groups excluding tert-OH is 2. The zero-order valence-electron chi connectivity index (χ0n) is 17.7. The molecule has 0 unspecified atom stereocenters. The first kappa shape index (κ1) is 33.3. The van der Waals surface area contributed by atoms with Crippen molar-refractivity contribution in [2.75, 3.05) is 0 Å². The fraction of sp³-hybridized carbons (Fsp3) is 0.938. The quantitative estimate of drug-likeness (QED) is 0.269. The molecule has 230 valence electrons. The van der Waals surface area contributed by atoms with Crippen molar-refractivity contribution in [2.24, 2.45) is 0 Å². The summed E-state index contributed by atoms with van der Waals surface area (Å²) in [5, 5.41) is 29.1. The highest BCUT2D eigenvalue weighted by Gasteiger charge is 2.95. The van der Waals surface area contributed by atoms with Gasteiger partial charge < -0.3 is 24.8 Å². The van der Waals surface area contributed by atoms with E-state index in [1.807, 2.05) is 0 Å². The molecule has 23 heteroatoms. The van der Waals surface area contributed by atoms with Gasteiger partial charge in [0.25, 0.3) is 0 Å². The third-order valence-electron chi connectivity index (χ3n) is 5.93. The minimum atomic E-state index is -8.78. The van der Waals surface area contributed by atoms with Crippen molar-refractivity contribution in [3.8, 4) is 0 Å². The second kappa shape index (κ2) is 8.81. The lowest BCUT2D eigenvalue weighted by Gasteiger charge is -2.43. The van der Waals surface area contributed by atoms with Crippen LogP contribution >= 0.6 is 0 Å². The molecule has 0 aromatic carbocycles. The summed E-state index contributed by atoms with van der Waals surface area (Å²) < 4.78 is 235. The van der Waals surface area contributed by atoms with Crippen LogP contribution in [0.4, 0.5) is 74.6 Å². The van der Waals surface area contributed by atoms with E-state index in [-0.39, 0.29) is 0 Å². The predicted octanol–water partition coefficient (Wildman–Crippen LogP) is 3.51. The maximum absolute atomic E-state index is 14.1. The van der Waals surface area contributed by atoms with E-state index in [4.69, 9.17) is 0 Å². The van der Waals surface area contributed by atoms with E-state index >= 15 is 0 Å². The maximum Gasteiger partial charge on any atom is 0.460 e. The molecule has 2 fully saturated rings. The van der Waals surface area contributed by atoms with E-state index in [1.165, 1.54) is 0 Å². The van der Waals surface area contributed by atoms with Crippen LogP contribution in [0.1, 0.15) is 12.8 Å². The summed E-state index contributed by atoms with van der Waals surface area (Å²) in [6.07, 6.45) is -22.9. The second-order valence-corrected chi connectivity index (χ2v) is 8.40. The number of fused-ring (bicyclic) bond motifs is 1. The fourth-order valence-electron chi connectivity index (χ4n) is 3.48. The SMILES string of the molecule is O=C1O[C@H]2[C@H](O[C@@H](O)[C@@]2(O)CCC(F)(F)C(F)(F)C(F)(F)C(F)(F)C(F)(F)C(F)(F)C(F)(F)C(F)(F)F)[C@@H]1O. The summed E-state index contributed by atoms with van der Waals surface area (Å²) in [4.78, 5) is 11.2. The average Bonchev–Trinajstić information content (AvgIpc) is 3.17. The summed E-state index contributed by atoms with van der Waals surface area (Å²) in [6, 6.07) is 0. The van der Waals surface area contributed by atoms with Crippen LogP contribution in [0.15, 0.2) is 0 Å². The monoisotopic (exact) mass is 622 g/mol. The minimum absolute atomic E-state index is 1.67. The number of carbonyl (C=O) groups excluding carboxylic acids is 1. The van der Waals surface area contributed by atoms with Gasteiger partial charge in [-0.05, 0) is 6.42 Å². The van der Waals surface area contributed by atoms with E-state index in [1.54, 1.807) is 0 Å². The van der Waals surface area contributed by atoms with E-state index in [0.717, 1.165) is 0 Å². The summed E-state index contributed by atoms with van der Waals surface area (Å²) in [5.41, 5.74) is -3.51. The number of rotatable bonds is 9. The van der Waals surface area contributed by atoms with E-state index in [9.17, 15) is 94.8 Å². The first-order valence-corrected chi connectivity index (χ1v) is 9.56. The lowest BCUT2D eigenvalue weighted by Crippen LogP contribution is -2.74. The van der Waals surface area contributed by atoms with E-state index in [0.29, 0.717) is 0 Å². The molecule has 39 heavy (non-hydrogen) atoms. The standard InChI is InChI=1S/C16H11F17O6/c17-9(18,2-1-8(37)5-4(38-7(8)36)3(34)6(35)39-5)10(19,20)11(21,22)12(23,24)13(25,26)14(27,28)15(29,30)16(31,32)33/h3-5,7,34,36-37H,1-2H2/t3-,4+,5-,7+,8+/m0/s1. The van der Waals surface area contributed by atoms with Crippen LogP contribution in [0.3, 0.4) is 0 Å². The topological polar surface area (TPSA) is 96.2 Å². The Morgan fingerprint density at radius 2 is 1.05 bits per heavy atom. The number of esters is 1. The highest BCUT2D eigenvalue weighted by Crippen LogP contribution is 2.64. The van der Waals surface area contributed by atoms with Crippen molar-refractivity contribution in [3.63, 3.8) is 0 Å². The second-order valence-electron chi connectivity index (χ2n) is 8.40. The molecule has 0 saturated carbocycles. The third-order valence-corrected chi connectivity index (χ3v) is 5.93. The van der Waals surface area contributed by atoms with Gasteiger partial charge in [0.05, 0.1) is 0 Å². The van der Waals surface area contributed by atoms with Crippen LogP contribution in [0, 0.1) is 0 Å². The van der Waals surface area contributed by atoms with Crippen molar-refractivity contribution < 1.29 is 104 Å². The Morgan fingerprint density at radius 1 is 0.667 bits per heavy atom. The van der Waals surface area contributed by atoms with Crippen molar-refractivity contribution >= 4 is 5.97 Å². The van der Waals surface area contributed by atoms with Crippen LogP contribution in [-0.2, 0) is 14.3 Å². The summed E-state index contributed by atoms with van der Waals surface area (Å²) in [7, 11) is 0. The van der Waals surface area contributed by atoms with Gasteiger partial charge in [-0.1, -0.05) is 0 Å². The molecule has 2 aliphatic rings. The number of carbonyl (C=O) groups is 1. The van der Waals surface area contributed by atoms with Crippen LogP contribution in [0.2, 0.25) is 0 Å². The molecule has 2 saturated heterocycles. The Hall–Kier alpha value is -1.88. The Balaban J connectivity index is 2.44. The van der Waals surface area contributed by atoms with Crippen molar-refractivity contribution in [2.45, 2.75) is 90.7 Å². The molecule has 0 aliphatic carbocycles. The average molecular weight is 622 g/mol. The molecule has 0 amide bonds. The van der Waals surface area contributed by atoms with E-state index < -0.39 is 96.6 Å². The molecule has 3 N–H and O–H groups in total. The number of ether oxygens (including phenoxy) is 2. The maximum atomic E-state index is 14.1. The Labute approximate surface area is 202 Å². The Morgan fingerprint density at radius 3 is 1.46 bits per heavy atom. The molecule has 0 aromatic heterocycles. The molecular formula is C16H11F17O6. The number of halogens is 17. The lowest BCUT2D eigenvalue weighted by atomic mass is 9.84. The van der Waals surface area contributed by atoms with Crippen molar-refractivity contribution in [3.05, 3.63) is 0 Å². The Kier molecular flexibility index (Phi) is 7.53. The highest BCUT2D eigenvalue weighted by molar-refractivity contribution is 5.78. The van der Waals surface area contributed by atoms with Crippen LogP contribution < -0.4 is 0 Å². The minimum Gasteiger partial charge on any atom is -0.454 e. The molecular weight excluding hydrogens is 611 g/mol. The van der Waals surface area contributed by atoms with E-state index in [2.05, 4.69) is 9.47 Å². The van der Waals surface area contributed by atoms with Crippen molar-refractivity contribution in [1.29, 1.82) is 0 Å². The molecule has 0 spiro atoms. The van der Waals surface area contributed by atoms with Crippen LogP contribution in [-0.4, -0.2) is 99.1 Å². The molecule has 6 nitrogen and oxygen atoms in total. The van der Waals surface area contributed by atoms with Gasteiger partial charge in [-0.15, -0.1) is 0 Å². The summed E-state index contributed by atoms with van der Waals surface area (Å²) in [5.74, 6) is -59.5. The van der Waals surface area contributed by atoms with Gasteiger partial charge in [0.15, 0.2) is 24.1 Å². The van der Waals surface area contributed by atoms with Crippen molar-refractivity contribution in [1.82, 2.24) is 0 Å². The fourth-order valence-corrected chi connectivity index (χ4v) is 3.48. The van der Waals surface area contributed by atoms with Crippen LogP contribution in [0.5, 0.6) is 0 Å². The van der Waals surface area contributed by atoms with Gasteiger partial charge in [-0.3, -0.25) is 0 Å². The highest BCUT2D eigenvalue weighted by atomic mass is 19.4. The summed E-state index contributed by atoms with van der Waals surface area (Å²) in [6.45, 7) is 0. The van der Waals surface area contributed by atoms with Gasteiger partial charge in [-0.2, -0.15) is 74.6 Å². The lowest BCUT2D eigenvalue weighted by molar-refractivity contribution is -0.462. The third kappa shape index (κ3) is 4.19. The van der Waals surface area contributed by atoms with Gasteiger partial charge in [0, 0.05) is 6.42 Å². The normalized spacial score (nSPS) is 30.0. The first-order valence-electron chi connectivity index (χ1n) is 9.56. The zero-order valence-corrected chi connectivity index (χ0v) is 17.7. The molecule has 2 heterocycles. The molecule has 0 aromatic rings.